The van der Waals surface area contributed by atoms with Gasteiger partial charge < -0.3 is 10.4 Å². The van der Waals surface area contributed by atoms with E-state index in [1.807, 2.05) is 0 Å². The maximum absolute atomic E-state index is 13.3. The van der Waals surface area contributed by atoms with Crippen molar-refractivity contribution in [1.29, 1.82) is 0 Å². The van der Waals surface area contributed by atoms with Crippen LogP contribution in [0.4, 0.5) is 10.1 Å². The summed E-state index contributed by atoms with van der Waals surface area (Å²) < 4.78 is 41.0. The highest BCUT2D eigenvalue weighted by Gasteiger charge is 2.27. The van der Waals surface area contributed by atoms with Gasteiger partial charge in [0, 0.05) is 17.3 Å². The van der Waals surface area contributed by atoms with Crippen molar-refractivity contribution >= 4 is 21.6 Å². The molecule has 1 fully saturated rings. The number of anilines is 1. The Balaban J connectivity index is 1.76. The number of aliphatic hydroxyl groups excluding tert-OH is 1. The van der Waals surface area contributed by atoms with Crippen LogP contribution in [-0.4, -0.2) is 31.6 Å². The highest BCUT2D eigenvalue weighted by atomic mass is 32.2. The standard InChI is InChI=1S/C19H21FN2O4S/c1-12-9-14(6-8-18(12)20)21-19(24)13-3-2-4-17(10-13)27(25,26)22-15-5-7-16(23)11-15/h2-4,6,8-10,15-16,22-23H,5,7,11H2,1H3,(H,21,24)/t15?,16-/m0/s1. The lowest BCUT2D eigenvalue weighted by Gasteiger charge is -2.13. The maximum atomic E-state index is 13.3. The quantitative estimate of drug-likeness (QED) is 0.729. The summed E-state index contributed by atoms with van der Waals surface area (Å²) >= 11 is 0. The van der Waals surface area contributed by atoms with Crippen LogP contribution in [0.25, 0.3) is 0 Å². The predicted octanol–water partition coefficient (Wildman–Crippen LogP) is 2.58. The SMILES string of the molecule is Cc1cc(NC(=O)c2cccc(S(=O)(=O)NC3CC[C@H](O)C3)c2)ccc1F. The smallest absolute Gasteiger partial charge is 0.255 e. The highest BCUT2D eigenvalue weighted by Crippen LogP contribution is 2.22. The second-order valence-corrected chi connectivity index (χ2v) is 8.44. The van der Waals surface area contributed by atoms with E-state index in [0.717, 1.165) is 0 Å². The van der Waals surface area contributed by atoms with Gasteiger partial charge in [0.15, 0.2) is 0 Å². The van der Waals surface area contributed by atoms with E-state index in [4.69, 9.17) is 0 Å². The molecule has 6 nitrogen and oxygen atoms in total. The zero-order valence-electron chi connectivity index (χ0n) is 14.8. The molecule has 0 bridgehead atoms. The molecule has 0 aromatic heterocycles. The number of nitrogens with one attached hydrogen (secondary N) is 2. The summed E-state index contributed by atoms with van der Waals surface area (Å²) in [7, 11) is -3.80. The van der Waals surface area contributed by atoms with Crippen LogP contribution in [-0.2, 0) is 10.0 Å². The molecule has 0 spiro atoms. The van der Waals surface area contributed by atoms with E-state index in [0.29, 0.717) is 30.5 Å². The minimum Gasteiger partial charge on any atom is -0.393 e. The van der Waals surface area contributed by atoms with Gasteiger partial charge in [-0.2, -0.15) is 0 Å². The van der Waals surface area contributed by atoms with Crippen LogP contribution in [0.5, 0.6) is 0 Å². The molecule has 3 rings (SSSR count). The monoisotopic (exact) mass is 392 g/mol. The van der Waals surface area contributed by atoms with Crippen LogP contribution in [0.2, 0.25) is 0 Å². The third kappa shape index (κ3) is 4.71. The van der Waals surface area contributed by atoms with E-state index >= 15 is 0 Å². The lowest BCUT2D eigenvalue weighted by atomic mass is 10.2. The fraction of sp³-hybridized carbons (Fsp3) is 0.316. The molecule has 2 aromatic rings. The summed E-state index contributed by atoms with van der Waals surface area (Å²) in [5, 5.41) is 12.2. The van der Waals surface area contributed by atoms with Crippen LogP contribution in [0.3, 0.4) is 0 Å². The van der Waals surface area contributed by atoms with Crippen LogP contribution in [0.1, 0.15) is 35.2 Å². The van der Waals surface area contributed by atoms with Gasteiger partial charge >= 0.3 is 0 Å². The van der Waals surface area contributed by atoms with E-state index in [9.17, 15) is 22.7 Å². The van der Waals surface area contributed by atoms with Gasteiger partial charge in [-0.1, -0.05) is 6.07 Å². The second-order valence-electron chi connectivity index (χ2n) is 6.73. The summed E-state index contributed by atoms with van der Waals surface area (Å²) in [5.41, 5.74) is 0.989. The molecule has 1 saturated carbocycles. The van der Waals surface area contributed by atoms with Crippen LogP contribution in [0.15, 0.2) is 47.4 Å². The zero-order chi connectivity index (χ0) is 19.6. The van der Waals surface area contributed by atoms with Crippen molar-refractivity contribution in [3.05, 3.63) is 59.4 Å². The molecule has 1 aliphatic carbocycles. The minimum atomic E-state index is -3.80. The summed E-state index contributed by atoms with van der Waals surface area (Å²) in [5.74, 6) is -0.862. The summed E-state index contributed by atoms with van der Waals surface area (Å²) in [6, 6.07) is 9.57. The molecule has 3 N–H and O–H groups in total. The summed E-state index contributed by atoms with van der Waals surface area (Å²) in [6.07, 6.45) is 1.02. The van der Waals surface area contributed by atoms with E-state index in [1.54, 1.807) is 6.92 Å². The molecule has 0 heterocycles. The van der Waals surface area contributed by atoms with Gasteiger partial charge in [-0.3, -0.25) is 4.79 Å². The normalized spacial score (nSPS) is 19.8. The van der Waals surface area contributed by atoms with Gasteiger partial charge in [0.25, 0.3) is 5.91 Å². The first-order chi connectivity index (χ1) is 12.7. The number of aryl methyl sites for hydroxylation is 1. The van der Waals surface area contributed by atoms with E-state index in [2.05, 4.69) is 10.0 Å². The Labute approximate surface area is 157 Å². The molecule has 0 saturated heterocycles. The van der Waals surface area contributed by atoms with Crippen LogP contribution >= 0.6 is 0 Å². The Bertz CT molecular complexity index is 962. The highest BCUT2D eigenvalue weighted by molar-refractivity contribution is 7.89. The second kappa shape index (κ2) is 7.75. The Morgan fingerprint density at radius 3 is 2.63 bits per heavy atom. The summed E-state index contributed by atoms with van der Waals surface area (Å²) in [4.78, 5) is 12.4. The van der Waals surface area contributed by atoms with Crippen molar-refractivity contribution in [2.24, 2.45) is 0 Å². The molecule has 0 radical (unpaired) electrons. The number of hydrogen-bond acceptors (Lipinski definition) is 4. The van der Waals surface area contributed by atoms with Crippen molar-refractivity contribution in [3.8, 4) is 0 Å². The number of benzene rings is 2. The Hall–Kier alpha value is -2.29. The minimum absolute atomic E-state index is 0.0215. The fourth-order valence-electron chi connectivity index (χ4n) is 3.08. The van der Waals surface area contributed by atoms with E-state index in [-0.39, 0.29) is 22.3 Å². The summed E-state index contributed by atoms with van der Waals surface area (Å²) in [6.45, 7) is 1.59. The number of aliphatic hydroxyl groups is 1. The first-order valence-corrected chi connectivity index (χ1v) is 10.1. The Kier molecular flexibility index (Phi) is 5.59. The number of hydrogen-bond donors (Lipinski definition) is 3. The number of rotatable bonds is 5. The lowest BCUT2D eigenvalue weighted by molar-refractivity contribution is 0.102. The number of carbonyl (C=O) groups is 1. The molecule has 1 amide bonds. The van der Waals surface area contributed by atoms with Gasteiger partial charge in [0.1, 0.15) is 5.82 Å². The van der Waals surface area contributed by atoms with Crippen molar-refractivity contribution in [1.82, 2.24) is 4.72 Å². The van der Waals surface area contributed by atoms with Crippen molar-refractivity contribution in [2.75, 3.05) is 5.32 Å². The number of amides is 1. The number of halogens is 1. The molecule has 144 valence electrons. The zero-order valence-corrected chi connectivity index (χ0v) is 15.6. The molecular formula is C19H21FN2O4S. The Morgan fingerprint density at radius 2 is 1.96 bits per heavy atom. The first kappa shape index (κ1) is 19.5. The molecule has 2 aromatic carbocycles. The number of carbonyl (C=O) groups excluding carboxylic acids is 1. The topological polar surface area (TPSA) is 95.5 Å². The van der Waals surface area contributed by atoms with Gasteiger partial charge in [0.2, 0.25) is 10.0 Å². The Morgan fingerprint density at radius 1 is 1.19 bits per heavy atom. The average molecular weight is 392 g/mol. The van der Waals surface area contributed by atoms with Gasteiger partial charge in [0.05, 0.1) is 11.0 Å². The molecule has 2 atom stereocenters. The average Bonchev–Trinajstić information content (AvgIpc) is 3.02. The molecular weight excluding hydrogens is 371 g/mol. The largest absolute Gasteiger partial charge is 0.393 e. The van der Waals surface area contributed by atoms with Gasteiger partial charge in [-0.05, 0) is 68.1 Å². The van der Waals surface area contributed by atoms with Crippen LogP contribution in [0, 0.1) is 12.7 Å². The van der Waals surface area contributed by atoms with Crippen molar-refractivity contribution in [3.63, 3.8) is 0 Å². The molecule has 27 heavy (non-hydrogen) atoms. The molecule has 0 aliphatic heterocycles. The van der Waals surface area contributed by atoms with Crippen molar-refractivity contribution in [2.45, 2.75) is 43.2 Å². The lowest BCUT2D eigenvalue weighted by Crippen LogP contribution is -2.33. The molecule has 8 heteroatoms. The third-order valence-electron chi connectivity index (χ3n) is 4.55. The van der Waals surface area contributed by atoms with E-state index in [1.165, 1.54) is 42.5 Å². The van der Waals surface area contributed by atoms with Gasteiger partial charge in [-0.15, -0.1) is 0 Å². The number of sulfonamides is 1. The maximum Gasteiger partial charge on any atom is 0.255 e. The molecule has 1 aliphatic rings. The van der Waals surface area contributed by atoms with Crippen LogP contribution < -0.4 is 10.0 Å². The third-order valence-corrected chi connectivity index (χ3v) is 6.07. The van der Waals surface area contributed by atoms with Crippen molar-refractivity contribution < 1.29 is 22.7 Å². The predicted molar refractivity (Wildman–Crippen MR) is 99.5 cm³/mol. The first-order valence-electron chi connectivity index (χ1n) is 8.62. The molecule has 1 unspecified atom stereocenters. The fourth-order valence-corrected chi connectivity index (χ4v) is 4.41. The van der Waals surface area contributed by atoms with Gasteiger partial charge in [-0.25, -0.2) is 17.5 Å². The van der Waals surface area contributed by atoms with E-state index < -0.39 is 22.0 Å².